The summed E-state index contributed by atoms with van der Waals surface area (Å²) < 4.78 is 1.63. The molecule has 8 nitrogen and oxygen atoms in total. The van der Waals surface area contributed by atoms with Crippen molar-refractivity contribution < 1.29 is 14.7 Å². The first kappa shape index (κ1) is 16.3. The van der Waals surface area contributed by atoms with Crippen molar-refractivity contribution in [2.24, 2.45) is 10.2 Å². The molecule has 1 amide bonds. The molecule has 0 aliphatic heterocycles. The molecule has 0 radical (unpaired) electrons. The van der Waals surface area contributed by atoms with E-state index in [0.29, 0.717) is 17.0 Å². The number of carbonyl (C=O) groups is 2. The van der Waals surface area contributed by atoms with E-state index in [-0.39, 0.29) is 17.4 Å². The van der Waals surface area contributed by atoms with Crippen LogP contribution in [0.25, 0.3) is 5.65 Å². The Bertz CT molecular complexity index is 1010. The van der Waals surface area contributed by atoms with Gasteiger partial charge in [0.1, 0.15) is 5.65 Å². The Labute approximate surface area is 142 Å². The molecular formula is C17H15N5O3. The van der Waals surface area contributed by atoms with Gasteiger partial charge in [-0.15, -0.1) is 10.2 Å². The van der Waals surface area contributed by atoms with Crippen molar-refractivity contribution in [2.45, 2.75) is 13.8 Å². The van der Waals surface area contributed by atoms with E-state index in [4.69, 9.17) is 0 Å². The minimum atomic E-state index is -1.18. The Balaban J connectivity index is 2.05. The van der Waals surface area contributed by atoms with E-state index >= 15 is 0 Å². The second-order valence-electron chi connectivity index (χ2n) is 5.38. The summed E-state index contributed by atoms with van der Waals surface area (Å²) in [6.07, 6.45) is 0. The number of amides is 1. The molecule has 0 unspecified atom stereocenters. The average Bonchev–Trinajstić information content (AvgIpc) is 2.93. The van der Waals surface area contributed by atoms with Gasteiger partial charge in [-0.05, 0) is 37.3 Å². The number of carbonyl (C=O) groups excluding carboxylic acids is 1. The van der Waals surface area contributed by atoms with Gasteiger partial charge in [0.15, 0.2) is 11.5 Å². The van der Waals surface area contributed by atoms with Crippen LogP contribution in [0.2, 0.25) is 0 Å². The van der Waals surface area contributed by atoms with Gasteiger partial charge < -0.3 is 10.4 Å². The average molecular weight is 337 g/mol. The first-order valence-corrected chi connectivity index (χ1v) is 7.46. The maximum atomic E-state index is 11.5. The normalized spacial score (nSPS) is 11.1. The Hall–Kier alpha value is -3.55. The van der Waals surface area contributed by atoms with Crippen molar-refractivity contribution in [1.29, 1.82) is 0 Å². The number of pyridine rings is 1. The molecule has 25 heavy (non-hydrogen) atoms. The number of hydrogen-bond acceptors (Lipinski definition) is 5. The van der Waals surface area contributed by atoms with Gasteiger partial charge in [-0.25, -0.2) is 9.78 Å². The minimum absolute atomic E-state index is 0.144. The zero-order valence-corrected chi connectivity index (χ0v) is 13.6. The highest BCUT2D eigenvalue weighted by Gasteiger charge is 2.19. The monoisotopic (exact) mass is 337 g/mol. The molecule has 2 heterocycles. The van der Waals surface area contributed by atoms with Gasteiger partial charge in [0, 0.05) is 18.3 Å². The highest BCUT2D eigenvalue weighted by Crippen LogP contribution is 2.26. The summed E-state index contributed by atoms with van der Waals surface area (Å²) in [7, 11) is 0. The molecule has 0 saturated heterocycles. The maximum Gasteiger partial charge on any atom is 0.358 e. The summed E-state index contributed by atoms with van der Waals surface area (Å²) in [5.74, 6) is -1.23. The molecule has 3 aromatic rings. The van der Waals surface area contributed by atoms with Crippen LogP contribution in [-0.4, -0.2) is 26.4 Å². The maximum absolute atomic E-state index is 11.5. The molecular weight excluding hydrogens is 322 g/mol. The largest absolute Gasteiger partial charge is 0.476 e. The summed E-state index contributed by atoms with van der Waals surface area (Å²) in [5, 5.41) is 20.2. The molecule has 3 rings (SSSR count). The molecule has 0 bridgehead atoms. The number of nitrogens with one attached hydrogen (secondary N) is 1. The smallest absolute Gasteiger partial charge is 0.358 e. The van der Waals surface area contributed by atoms with Crippen molar-refractivity contribution in [3.8, 4) is 0 Å². The van der Waals surface area contributed by atoms with E-state index in [9.17, 15) is 14.7 Å². The Kier molecular flexibility index (Phi) is 4.25. The molecule has 0 aliphatic carbocycles. The van der Waals surface area contributed by atoms with Gasteiger partial charge >= 0.3 is 5.97 Å². The molecule has 0 atom stereocenters. The predicted molar refractivity (Wildman–Crippen MR) is 91.8 cm³/mol. The van der Waals surface area contributed by atoms with Crippen LogP contribution in [0.1, 0.15) is 23.1 Å². The summed E-state index contributed by atoms with van der Waals surface area (Å²) in [4.78, 5) is 26.7. The zero-order valence-electron chi connectivity index (χ0n) is 13.6. The van der Waals surface area contributed by atoms with Crippen LogP contribution >= 0.6 is 0 Å². The van der Waals surface area contributed by atoms with E-state index in [1.807, 2.05) is 13.0 Å². The van der Waals surface area contributed by atoms with Crippen LogP contribution in [0.15, 0.2) is 52.7 Å². The highest BCUT2D eigenvalue weighted by atomic mass is 16.4. The molecule has 0 fully saturated rings. The quantitative estimate of drug-likeness (QED) is 0.707. The van der Waals surface area contributed by atoms with Gasteiger partial charge in [-0.1, -0.05) is 12.1 Å². The van der Waals surface area contributed by atoms with E-state index in [2.05, 4.69) is 20.5 Å². The number of carboxylic acid groups (broad SMARTS) is 1. The van der Waals surface area contributed by atoms with E-state index in [1.165, 1.54) is 6.92 Å². The molecule has 0 aliphatic rings. The van der Waals surface area contributed by atoms with Crippen molar-refractivity contribution >= 4 is 34.7 Å². The molecule has 2 aromatic heterocycles. The molecule has 0 saturated carbocycles. The van der Waals surface area contributed by atoms with Crippen molar-refractivity contribution in [1.82, 2.24) is 9.38 Å². The number of aromatic nitrogens is 2. The van der Waals surface area contributed by atoms with Gasteiger partial charge in [0.25, 0.3) is 0 Å². The molecule has 126 valence electrons. The predicted octanol–water partition coefficient (Wildman–Crippen LogP) is 3.71. The van der Waals surface area contributed by atoms with E-state index in [1.54, 1.807) is 40.8 Å². The van der Waals surface area contributed by atoms with Crippen molar-refractivity contribution in [2.75, 3.05) is 5.32 Å². The van der Waals surface area contributed by atoms with Gasteiger partial charge in [-0.3, -0.25) is 9.20 Å². The number of benzene rings is 1. The number of hydrogen-bond donors (Lipinski definition) is 2. The third kappa shape index (κ3) is 3.37. The van der Waals surface area contributed by atoms with Crippen molar-refractivity contribution in [3.05, 3.63) is 53.9 Å². The number of nitrogens with zero attached hydrogens (tertiary/aromatic N) is 4. The topological polar surface area (TPSA) is 108 Å². The summed E-state index contributed by atoms with van der Waals surface area (Å²) in [6, 6.07) is 12.1. The van der Waals surface area contributed by atoms with E-state index in [0.717, 1.165) is 5.69 Å². The lowest BCUT2D eigenvalue weighted by Crippen LogP contribution is -2.05. The van der Waals surface area contributed by atoms with E-state index < -0.39 is 5.97 Å². The molecule has 0 spiro atoms. The lowest BCUT2D eigenvalue weighted by molar-refractivity contribution is -0.114. The minimum Gasteiger partial charge on any atom is -0.476 e. The fourth-order valence-corrected chi connectivity index (χ4v) is 2.43. The molecule has 2 N–H and O–H groups in total. The van der Waals surface area contributed by atoms with Crippen LogP contribution in [0, 0.1) is 6.92 Å². The molecule has 8 heteroatoms. The van der Waals surface area contributed by atoms with Crippen molar-refractivity contribution in [3.63, 3.8) is 0 Å². The number of anilines is 1. The number of rotatable bonds is 4. The van der Waals surface area contributed by atoms with Crippen LogP contribution in [0.4, 0.5) is 17.2 Å². The third-order valence-corrected chi connectivity index (χ3v) is 3.44. The van der Waals surface area contributed by atoms with Crippen LogP contribution in [0.5, 0.6) is 0 Å². The third-order valence-electron chi connectivity index (χ3n) is 3.44. The van der Waals surface area contributed by atoms with Crippen LogP contribution < -0.4 is 5.32 Å². The summed E-state index contributed by atoms with van der Waals surface area (Å²) >= 11 is 0. The highest BCUT2D eigenvalue weighted by molar-refractivity contribution is 5.92. The number of azo groups is 1. The van der Waals surface area contributed by atoms with Crippen LogP contribution in [-0.2, 0) is 4.79 Å². The lowest BCUT2D eigenvalue weighted by atomic mass is 10.3. The van der Waals surface area contributed by atoms with Gasteiger partial charge in [0.05, 0.1) is 5.69 Å². The number of imidazole rings is 1. The molecule has 1 aromatic carbocycles. The first-order valence-electron chi connectivity index (χ1n) is 7.46. The number of fused-ring (bicyclic) bond motifs is 1. The second-order valence-corrected chi connectivity index (χ2v) is 5.38. The Morgan fingerprint density at radius 1 is 1.16 bits per heavy atom. The standard InChI is InChI=1S/C17H15N5O3/c1-10-5-3-8-14-19-15(17(24)25)16(22(10)14)21-20-13-7-4-6-12(9-13)18-11(2)23/h3-9H,1-2H3,(H,18,23)(H,24,25). The number of aromatic carboxylic acids is 1. The first-order chi connectivity index (χ1) is 12.0. The zero-order chi connectivity index (χ0) is 18.0. The number of carboxylic acids is 1. The summed E-state index contributed by atoms with van der Waals surface area (Å²) in [5.41, 5.74) is 2.16. The van der Waals surface area contributed by atoms with Gasteiger partial charge in [0.2, 0.25) is 5.91 Å². The van der Waals surface area contributed by atoms with Gasteiger partial charge in [-0.2, -0.15) is 0 Å². The fraction of sp³-hybridized carbons (Fsp3) is 0.118. The Morgan fingerprint density at radius 2 is 1.92 bits per heavy atom. The Morgan fingerprint density at radius 3 is 2.64 bits per heavy atom. The lowest BCUT2D eigenvalue weighted by Gasteiger charge is -2.03. The SMILES string of the molecule is CC(=O)Nc1cccc(N=Nc2c(C(=O)O)nc3cccc(C)n23)c1. The fourth-order valence-electron chi connectivity index (χ4n) is 2.43. The summed E-state index contributed by atoms with van der Waals surface area (Å²) in [6.45, 7) is 3.24. The second kappa shape index (κ2) is 6.52. The van der Waals surface area contributed by atoms with Crippen LogP contribution in [0.3, 0.4) is 0 Å². The number of aryl methyl sites for hydroxylation is 1.